The Morgan fingerprint density at radius 2 is 1.88 bits per heavy atom. The molecule has 2 rings (SSSR count). The SMILES string of the molecule is CN(c1ccncc1)S(=O)(=O)c1ccn[nH]1. The molecule has 2 aromatic heterocycles. The maximum Gasteiger partial charge on any atom is 0.281 e. The average Bonchev–Trinajstić information content (AvgIpc) is 2.83. The van der Waals surface area contributed by atoms with Gasteiger partial charge < -0.3 is 0 Å². The first-order valence-corrected chi connectivity index (χ1v) is 5.95. The number of nitrogens with one attached hydrogen (secondary N) is 1. The number of aromatic nitrogens is 3. The second-order valence-corrected chi connectivity index (χ2v) is 5.04. The molecule has 1 N–H and O–H groups in total. The highest BCUT2D eigenvalue weighted by molar-refractivity contribution is 7.92. The Morgan fingerprint density at radius 3 is 2.44 bits per heavy atom. The van der Waals surface area contributed by atoms with Gasteiger partial charge in [0.05, 0.1) is 11.9 Å². The summed E-state index contributed by atoms with van der Waals surface area (Å²) in [4.78, 5) is 3.83. The molecule has 84 valence electrons. The van der Waals surface area contributed by atoms with Crippen molar-refractivity contribution in [2.45, 2.75) is 5.03 Å². The van der Waals surface area contributed by atoms with Crippen molar-refractivity contribution in [3.05, 3.63) is 36.8 Å². The van der Waals surface area contributed by atoms with E-state index in [-0.39, 0.29) is 5.03 Å². The minimum Gasteiger partial charge on any atom is -0.268 e. The predicted molar refractivity (Wildman–Crippen MR) is 58.4 cm³/mol. The summed E-state index contributed by atoms with van der Waals surface area (Å²) in [6.45, 7) is 0. The Labute approximate surface area is 93.0 Å². The molecule has 0 aromatic carbocycles. The number of hydrogen-bond donors (Lipinski definition) is 1. The topological polar surface area (TPSA) is 79.0 Å². The first-order chi connectivity index (χ1) is 7.62. The number of nitrogens with zero attached hydrogens (tertiary/aromatic N) is 3. The average molecular weight is 238 g/mol. The van der Waals surface area contributed by atoms with Crippen molar-refractivity contribution in [3.63, 3.8) is 0 Å². The Balaban J connectivity index is 2.40. The first kappa shape index (κ1) is 10.6. The zero-order chi connectivity index (χ0) is 11.6. The van der Waals surface area contributed by atoms with Gasteiger partial charge in [0.2, 0.25) is 0 Å². The largest absolute Gasteiger partial charge is 0.281 e. The minimum absolute atomic E-state index is 0.0619. The fourth-order valence-electron chi connectivity index (χ4n) is 1.23. The number of hydrogen-bond acceptors (Lipinski definition) is 4. The molecule has 0 atom stereocenters. The number of anilines is 1. The van der Waals surface area contributed by atoms with Crippen molar-refractivity contribution in [3.8, 4) is 0 Å². The summed E-state index contributed by atoms with van der Waals surface area (Å²) in [7, 11) is -2.08. The van der Waals surface area contributed by atoms with Crippen molar-refractivity contribution in [1.29, 1.82) is 0 Å². The van der Waals surface area contributed by atoms with Gasteiger partial charge in [-0.05, 0) is 18.2 Å². The Bertz CT molecular complexity index is 550. The summed E-state index contributed by atoms with van der Waals surface area (Å²) in [5.41, 5.74) is 0.546. The second-order valence-electron chi connectivity index (χ2n) is 3.10. The highest BCUT2D eigenvalue weighted by Crippen LogP contribution is 2.18. The first-order valence-electron chi connectivity index (χ1n) is 4.51. The van der Waals surface area contributed by atoms with Gasteiger partial charge in [-0.3, -0.25) is 14.4 Å². The van der Waals surface area contributed by atoms with Crippen molar-refractivity contribution in [2.75, 3.05) is 11.4 Å². The summed E-state index contributed by atoms with van der Waals surface area (Å²) in [6.07, 6.45) is 4.47. The molecule has 7 heteroatoms. The molecule has 0 spiro atoms. The van der Waals surface area contributed by atoms with Gasteiger partial charge in [0.25, 0.3) is 10.0 Å². The number of aromatic amines is 1. The van der Waals surface area contributed by atoms with Crippen LogP contribution in [0.15, 0.2) is 41.8 Å². The van der Waals surface area contributed by atoms with Gasteiger partial charge in [-0.25, -0.2) is 0 Å². The molecule has 0 aliphatic carbocycles. The number of sulfonamides is 1. The van der Waals surface area contributed by atoms with Gasteiger partial charge in [0, 0.05) is 19.4 Å². The maximum atomic E-state index is 12.0. The lowest BCUT2D eigenvalue weighted by atomic mass is 10.4. The van der Waals surface area contributed by atoms with E-state index in [0.29, 0.717) is 5.69 Å². The third-order valence-corrected chi connectivity index (χ3v) is 3.86. The van der Waals surface area contributed by atoms with Gasteiger partial charge in [-0.15, -0.1) is 0 Å². The molecule has 0 saturated heterocycles. The molecule has 0 fully saturated rings. The van der Waals surface area contributed by atoms with Gasteiger partial charge in [-0.1, -0.05) is 0 Å². The number of rotatable bonds is 3. The number of H-pyrrole nitrogens is 1. The van der Waals surface area contributed by atoms with Crippen molar-refractivity contribution in [1.82, 2.24) is 15.2 Å². The van der Waals surface area contributed by atoms with Crippen LogP contribution in [0.2, 0.25) is 0 Å². The van der Waals surface area contributed by atoms with Gasteiger partial charge in [0.15, 0.2) is 5.03 Å². The molecule has 0 bridgehead atoms. The predicted octanol–water partition coefficient (Wildman–Crippen LogP) is 0.630. The van der Waals surface area contributed by atoms with E-state index >= 15 is 0 Å². The molecular formula is C9H10N4O2S. The Hall–Kier alpha value is -1.89. The molecular weight excluding hydrogens is 228 g/mol. The fraction of sp³-hybridized carbons (Fsp3) is 0.111. The van der Waals surface area contributed by atoms with E-state index in [2.05, 4.69) is 15.2 Å². The summed E-state index contributed by atoms with van der Waals surface area (Å²) in [6, 6.07) is 4.65. The van der Waals surface area contributed by atoms with E-state index < -0.39 is 10.0 Å². The summed E-state index contributed by atoms with van der Waals surface area (Å²) in [5, 5.41) is 6.12. The van der Waals surface area contributed by atoms with Crippen LogP contribution in [0.5, 0.6) is 0 Å². The molecule has 0 unspecified atom stereocenters. The van der Waals surface area contributed by atoms with Crippen molar-refractivity contribution < 1.29 is 8.42 Å². The maximum absolute atomic E-state index is 12.0. The molecule has 0 radical (unpaired) electrons. The van der Waals surface area contributed by atoms with Crippen LogP contribution in [-0.2, 0) is 10.0 Å². The van der Waals surface area contributed by atoms with E-state index in [0.717, 1.165) is 0 Å². The van der Waals surface area contributed by atoms with Crippen LogP contribution in [-0.4, -0.2) is 30.6 Å². The Morgan fingerprint density at radius 1 is 1.19 bits per heavy atom. The van der Waals surface area contributed by atoms with Crippen LogP contribution in [0.4, 0.5) is 5.69 Å². The zero-order valence-electron chi connectivity index (χ0n) is 8.53. The summed E-state index contributed by atoms with van der Waals surface area (Å²) >= 11 is 0. The minimum atomic E-state index is -3.56. The zero-order valence-corrected chi connectivity index (χ0v) is 9.35. The lowest BCUT2D eigenvalue weighted by Gasteiger charge is -2.17. The van der Waals surface area contributed by atoms with Gasteiger partial charge in [0.1, 0.15) is 0 Å². The molecule has 2 aromatic rings. The van der Waals surface area contributed by atoms with E-state index in [4.69, 9.17) is 0 Å². The van der Waals surface area contributed by atoms with Crippen LogP contribution >= 0.6 is 0 Å². The molecule has 0 aliphatic rings. The third kappa shape index (κ3) is 1.76. The summed E-state index contributed by atoms with van der Waals surface area (Å²) < 4.78 is 25.2. The molecule has 2 heterocycles. The molecule has 16 heavy (non-hydrogen) atoms. The normalized spacial score (nSPS) is 11.3. The quantitative estimate of drug-likeness (QED) is 0.850. The van der Waals surface area contributed by atoms with Gasteiger partial charge in [-0.2, -0.15) is 13.5 Å². The Kier molecular flexibility index (Phi) is 2.61. The van der Waals surface area contributed by atoms with E-state index in [9.17, 15) is 8.42 Å². The third-order valence-electron chi connectivity index (χ3n) is 2.14. The van der Waals surface area contributed by atoms with Gasteiger partial charge >= 0.3 is 0 Å². The van der Waals surface area contributed by atoms with Crippen LogP contribution < -0.4 is 4.31 Å². The molecule has 0 saturated carbocycles. The highest BCUT2D eigenvalue weighted by atomic mass is 32.2. The van der Waals surface area contributed by atoms with E-state index in [1.54, 1.807) is 12.1 Å². The van der Waals surface area contributed by atoms with Crippen LogP contribution in [0, 0.1) is 0 Å². The monoisotopic (exact) mass is 238 g/mol. The highest BCUT2D eigenvalue weighted by Gasteiger charge is 2.22. The van der Waals surface area contributed by atoms with E-state index in [1.165, 1.54) is 36.0 Å². The number of pyridine rings is 1. The second kappa shape index (κ2) is 3.93. The fourth-order valence-corrected chi connectivity index (χ4v) is 2.32. The lowest BCUT2D eigenvalue weighted by molar-refractivity contribution is 0.590. The lowest BCUT2D eigenvalue weighted by Crippen LogP contribution is -2.26. The van der Waals surface area contributed by atoms with Crippen LogP contribution in [0.25, 0.3) is 0 Å². The molecule has 0 amide bonds. The standard InChI is InChI=1S/C9H10N4O2S/c1-13(8-2-5-10-6-3-8)16(14,15)9-4-7-11-12-9/h2-7H,1H3,(H,11,12). The summed E-state index contributed by atoms with van der Waals surface area (Å²) in [5.74, 6) is 0. The van der Waals surface area contributed by atoms with Crippen molar-refractivity contribution in [2.24, 2.45) is 0 Å². The van der Waals surface area contributed by atoms with E-state index in [1.807, 2.05) is 0 Å². The van der Waals surface area contributed by atoms with Crippen LogP contribution in [0.1, 0.15) is 0 Å². The van der Waals surface area contributed by atoms with Crippen molar-refractivity contribution >= 4 is 15.7 Å². The van der Waals surface area contributed by atoms with Crippen LogP contribution in [0.3, 0.4) is 0 Å². The molecule has 6 nitrogen and oxygen atoms in total. The molecule has 0 aliphatic heterocycles. The smallest absolute Gasteiger partial charge is 0.268 e.